The average molecular weight is 314 g/mol. The van der Waals surface area contributed by atoms with Crippen LogP contribution in [0.25, 0.3) is 0 Å². The first-order valence-corrected chi connectivity index (χ1v) is 7.03. The van der Waals surface area contributed by atoms with E-state index in [0.717, 1.165) is 17.0 Å². The summed E-state index contributed by atoms with van der Waals surface area (Å²) in [6.45, 7) is 0.460. The highest BCUT2D eigenvalue weighted by Gasteiger charge is 2.29. The summed E-state index contributed by atoms with van der Waals surface area (Å²) in [7, 11) is 0. The smallest absolute Gasteiger partial charge is 0.376 e. The Morgan fingerprint density at radius 2 is 1.86 bits per heavy atom. The molecule has 21 heavy (non-hydrogen) atoms. The Labute approximate surface area is 123 Å². The van der Waals surface area contributed by atoms with Gasteiger partial charge in [0.2, 0.25) is 5.91 Å². The summed E-state index contributed by atoms with van der Waals surface area (Å²) < 4.78 is 37.2. The van der Waals surface area contributed by atoms with Crippen LogP contribution in [0, 0.1) is 0 Å². The van der Waals surface area contributed by atoms with E-state index in [0.29, 0.717) is 12.2 Å². The van der Waals surface area contributed by atoms with Crippen LogP contribution < -0.4 is 10.6 Å². The van der Waals surface area contributed by atoms with Gasteiger partial charge in [0.15, 0.2) is 0 Å². The maximum atomic E-state index is 12.4. The van der Waals surface area contributed by atoms with Gasteiger partial charge < -0.3 is 10.6 Å². The lowest BCUT2D eigenvalue weighted by Crippen LogP contribution is -2.29. The number of hydrogen-bond acceptors (Lipinski definition) is 3. The minimum atomic E-state index is -4.35. The van der Waals surface area contributed by atoms with Gasteiger partial charge in [-0.15, -0.1) is 11.3 Å². The van der Waals surface area contributed by atoms with Crippen LogP contribution in [0.4, 0.5) is 18.9 Å². The SMILES string of the molecule is O=C(CNc1ccc(C(F)(F)F)cc1)NCc1cccs1. The summed E-state index contributed by atoms with van der Waals surface area (Å²) in [6.07, 6.45) is -4.35. The van der Waals surface area contributed by atoms with Gasteiger partial charge in [-0.25, -0.2) is 0 Å². The van der Waals surface area contributed by atoms with Gasteiger partial charge in [-0.2, -0.15) is 13.2 Å². The molecule has 1 aromatic carbocycles. The van der Waals surface area contributed by atoms with Crippen molar-refractivity contribution in [1.82, 2.24) is 5.32 Å². The largest absolute Gasteiger partial charge is 0.416 e. The second-order valence-corrected chi connectivity index (χ2v) is 5.32. The molecule has 0 radical (unpaired) electrons. The molecular formula is C14H13F3N2OS. The number of amides is 1. The molecule has 1 heterocycles. The van der Waals surface area contributed by atoms with Crippen LogP contribution in [0.3, 0.4) is 0 Å². The highest BCUT2D eigenvalue weighted by molar-refractivity contribution is 7.09. The van der Waals surface area contributed by atoms with Crippen LogP contribution in [-0.2, 0) is 17.5 Å². The van der Waals surface area contributed by atoms with E-state index in [4.69, 9.17) is 0 Å². The van der Waals surface area contributed by atoms with Crippen molar-refractivity contribution < 1.29 is 18.0 Å². The molecule has 0 aliphatic heterocycles. The number of nitrogens with one attached hydrogen (secondary N) is 2. The van der Waals surface area contributed by atoms with Gasteiger partial charge in [0.1, 0.15) is 0 Å². The minimum Gasteiger partial charge on any atom is -0.376 e. The molecule has 3 nitrogen and oxygen atoms in total. The maximum absolute atomic E-state index is 12.4. The Hall–Kier alpha value is -2.02. The normalized spacial score (nSPS) is 11.2. The van der Waals surface area contributed by atoms with E-state index in [1.54, 1.807) is 11.3 Å². The zero-order chi connectivity index (χ0) is 15.3. The Kier molecular flexibility index (Phi) is 4.85. The third kappa shape index (κ3) is 4.78. The summed E-state index contributed by atoms with van der Waals surface area (Å²) in [4.78, 5) is 12.6. The Morgan fingerprint density at radius 3 is 2.43 bits per heavy atom. The van der Waals surface area contributed by atoms with Crippen molar-refractivity contribution in [2.24, 2.45) is 0 Å². The predicted molar refractivity (Wildman–Crippen MR) is 76.1 cm³/mol. The first-order chi connectivity index (χ1) is 9.95. The maximum Gasteiger partial charge on any atom is 0.416 e. The van der Waals surface area contributed by atoms with E-state index in [1.165, 1.54) is 12.1 Å². The van der Waals surface area contributed by atoms with Gasteiger partial charge in [-0.05, 0) is 35.7 Å². The lowest BCUT2D eigenvalue weighted by Gasteiger charge is -2.09. The third-order valence-corrected chi connectivity index (χ3v) is 3.58. The summed E-state index contributed by atoms with van der Waals surface area (Å²) in [5, 5.41) is 7.42. The lowest BCUT2D eigenvalue weighted by molar-refractivity contribution is -0.137. The average Bonchev–Trinajstić information content (AvgIpc) is 2.95. The van der Waals surface area contributed by atoms with E-state index in [-0.39, 0.29) is 12.5 Å². The van der Waals surface area contributed by atoms with E-state index < -0.39 is 11.7 Å². The number of alkyl halides is 3. The van der Waals surface area contributed by atoms with Crippen LogP contribution in [-0.4, -0.2) is 12.5 Å². The number of hydrogen-bond donors (Lipinski definition) is 2. The van der Waals surface area contributed by atoms with Gasteiger partial charge in [-0.1, -0.05) is 6.07 Å². The second-order valence-electron chi connectivity index (χ2n) is 4.28. The van der Waals surface area contributed by atoms with Crippen molar-refractivity contribution >= 4 is 22.9 Å². The minimum absolute atomic E-state index is 0.0107. The summed E-state index contributed by atoms with van der Waals surface area (Å²) in [6, 6.07) is 8.36. The molecule has 0 atom stereocenters. The van der Waals surface area contributed by atoms with E-state index in [2.05, 4.69) is 10.6 Å². The molecule has 0 saturated carbocycles. The second kappa shape index (κ2) is 6.62. The zero-order valence-electron chi connectivity index (χ0n) is 10.9. The number of thiophene rings is 1. The Morgan fingerprint density at radius 1 is 1.14 bits per heavy atom. The van der Waals surface area contributed by atoms with Gasteiger partial charge in [0, 0.05) is 10.6 Å². The fraction of sp³-hybridized carbons (Fsp3) is 0.214. The molecule has 112 valence electrons. The lowest BCUT2D eigenvalue weighted by atomic mass is 10.2. The van der Waals surface area contributed by atoms with Crippen molar-refractivity contribution in [3.05, 3.63) is 52.2 Å². The fourth-order valence-corrected chi connectivity index (χ4v) is 2.27. The molecule has 0 saturated heterocycles. The summed E-state index contributed by atoms with van der Waals surface area (Å²) >= 11 is 1.54. The predicted octanol–water partition coefficient (Wildman–Crippen LogP) is 3.50. The number of rotatable bonds is 5. The van der Waals surface area contributed by atoms with Crippen LogP contribution in [0.5, 0.6) is 0 Å². The number of anilines is 1. The van der Waals surface area contributed by atoms with Crippen molar-refractivity contribution in [2.45, 2.75) is 12.7 Å². The molecule has 2 N–H and O–H groups in total. The number of halogens is 3. The molecule has 2 aromatic rings. The van der Waals surface area contributed by atoms with E-state index >= 15 is 0 Å². The molecule has 0 aliphatic carbocycles. The van der Waals surface area contributed by atoms with Gasteiger partial charge in [0.25, 0.3) is 0 Å². The molecule has 0 spiro atoms. The standard InChI is InChI=1S/C14H13F3N2OS/c15-14(16,17)10-3-5-11(6-4-10)18-9-13(20)19-8-12-2-1-7-21-12/h1-7,18H,8-9H2,(H,19,20). The molecule has 1 aromatic heterocycles. The van der Waals surface area contributed by atoms with Gasteiger partial charge in [0.05, 0.1) is 18.7 Å². The van der Waals surface area contributed by atoms with Crippen molar-refractivity contribution in [3.63, 3.8) is 0 Å². The highest BCUT2D eigenvalue weighted by Crippen LogP contribution is 2.29. The fourth-order valence-electron chi connectivity index (χ4n) is 1.62. The zero-order valence-corrected chi connectivity index (χ0v) is 11.7. The molecule has 7 heteroatoms. The Balaban J connectivity index is 1.78. The van der Waals surface area contributed by atoms with Gasteiger partial charge >= 0.3 is 6.18 Å². The van der Waals surface area contributed by atoms with Crippen LogP contribution in [0.15, 0.2) is 41.8 Å². The first kappa shape index (κ1) is 15.4. The summed E-state index contributed by atoms with van der Waals surface area (Å²) in [5.74, 6) is -0.219. The Bertz CT molecular complexity index is 579. The number of benzene rings is 1. The van der Waals surface area contributed by atoms with Crippen molar-refractivity contribution in [2.75, 3.05) is 11.9 Å². The number of carbonyl (C=O) groups is 1. The number of carbonyl (C=O) groups excluding carboxylic acids is 1. The monoisotopic (exact) mass is 314 g/mol. The molecule has 0 aliphatic rings. The topological polar surface area (TPSA) is 41.1 Å². The van der Waals surface area contributed by atoms with Crippen molar-refractivity contribution in [1.29, 1.82) is 0 Å². The first-order valence-electron chi connectivity index (χ1n) is 6.15. The third-order valence-electron chi connectivity index (χ3n) is 2.71. The molecule has 2 rings (SSSR count). The van der Waals surface area contributed by atoms with Gasteiger partial charge in [-0.3, -0.25) is 4.79 Å². The van der Waals surface area contributed by atoms with Crippen LogP contribution >= 0.6 is 11.3 Å². The molecule has 0 fully saturated rings. The van der Waals surface area contributed by atoms with E-state index in [1.807, 2.05) is 17.5 Å². The summed E-state index contributed by atoms with van der Waals surface area (Å²) in [5.41, 5.74) is -0.246. The molecular weight excluding hydrogens is 301 g/mol. The van der Waals surface area contributed by atoms with Crippen LogP contribution in [0.2, 0.25) is 0 Å². The molecule has 0 bridgehead atoms. The quantitative estimate of drug-likeness (QED) is 0.887. The van der Waals surface area contributed by atoms with Crippen molar-refractivity contribution in [3.8, 4) is 0 Å². The van der Waals surface area contributed by atoms with Crippen LogP contribution in [0.1, 0.15) is 10.4 Å². The molecule has 0 unspecified atom stereocenters. The molecule has 1 amide bonds. The van der Waals surface area contributed by atoms with E-state index in [9.17, 15) is 18.0 Å². The highest BCUT2D eigenvalue weighted by atomic mass is 32.1.